The monoisotopic (exact) mass is 317 g/mol. The van der Waals surface area contributed by atoms with Crippen molar-refractivity contribution in [2.24, 2.45) is 5.92 Å². The fourth-order valence-corrected chi connectivity index (χ4v) is 5.12. The van der Waals surface area contributed by atoms with Gasteiger partial charge in [0.05, 0.1) is 5.75 Å². The lowest BCUT2D eigenvalue weighted by atomic mass is 9.93. The highest BCUT2D eigenvalue weighted by Gasteiger charge is 2.29. The Morgan fingerprint density at radius 3 is 2.55 bits per heavy atom. The zero-order valence-electron chi connectivity index (χ0n) is 12.1. The first-order valence-corrected chi connectivity index (χ1v) is 9.65. The third-order valence-corrected chi connectivity index (χ3v) is 6.78. The van der Waals surface area contributed by atoms with Crippen LogP contribution in [0.15, 0.2) is 4.90 Å². The van der Waals surface area contributed by atoms with Crippen molar-refractivity contribution in [1.82, 2.24) is 4.37 Å². The number of nitrogens with two attached hydrogens (primary N) is 1. The summed E-state index contributed by atoms with van der Waals surface area (Å²) in [7, 11) is -3.31. The van der Waals surface area contributed by atoms with Gasteiger partial charge >= 0.3 is 0 Å². The number of anilines is 2. The smallest absolute Gasteiger partial charge is 0.184 e. The summed E-state index contributed by atoms with van der Waals surface area (Å²) >= 11 is 1.21. The molecule has 1 aliphatic heterocycles. The average molecular weight is 317 g/mol. The van der Waals surface area contributed by atoms with E-state index in [9.17, 15) is 8.42 Å². The second-order valence-electron chi connectivity index (χ2n) is 5.32. The molecule has 5 nitrogen and oxygen atoms in total. The third-order valence-electron chi connectivity index (χ3n) is 3.95. The highest BCUT2D eigenvalue weighted by molar-refractivity contribution is 7.91. The Bertz CT molecular complexity index is 546. The van der Waals surface area contributed by atoms with Crippen LogP contribution in [0.1, 0.15) is 39.5 Å². The SMILES string of the molecule is CCCC1CCN(c2snc(N)c2S(=O)(=O)CC)CC1. The Labute approximate surface area is 125 Å². The molecule has 0 saturated carbocycles. The van der Waals surface area contributed by atoms with Crippen LogP contribution in [0.4, 0.5) is 10.8 Å². The van der Waals surface area contributed by atoms with Gasteiger partial charge in [-0.2, -0.15) is 4.37 Å². The second kappa shape index (κ2) is 6.30. The van der Waals surface area contributed by atoms with Crippen molar-refractivity contribution in [2.45, 2.75) is 44.4 Å². The highest BCUT2D eigenvalue weighted by Crippen LogP contribution is 2.37. The van der Waals surface area contributed by atoms with Crippen LogP contribution in [0, 0.1) is 5.92 Å². The summed E-state index contributed by atoms with van der Waals surface area (Å²) in [6.45, 7) is 5.66. The highest BCUT2D eigenvalue weighted by atomic mass is 32.2. The van der Waals surface area contributed by atoms with Crippen LogP contribution in [0.25, 0.3) is 0 Å². The summed E-state index contributed by atoms with van der Waals surface area (Å²) in [5.41, 5.74) is 5.78. The first-order chi connectivity index (χ1) is 9.49. The fraction of sp³-hybridized carbons (Fsp3) is 0.769. The maximum atomic E-state index is 12.2. The molecule has 0 atom stereocenters. The van der Waals surface area contributed by atoms with Crippen molar-refractivity contribution in [2.75, 3.05) is 29.5 Å². The van der Waals surface area contributed by atoms with Crippen molar-refractivity contribution in [3.63, 3.8) is 0 Å². The van der Waals surface area contributed by atoms with Gasteiger partial charge in [0.15, 0.2) is 15.7 Å². The molecule has 7 heteroatoms. The van der Waals surface area contributed by atoms with E-state index in [4.69, 9.17) is 5.73 Å². The van der Waals surface area contributed by atoms with Crippen LogP contribution >= 0.6 is 11.5 Å². The van der Waals surface area contributed by atoms with E-state index in [1.54, 1.807) is 6.92 Å². The number of nitrogens with zero attached hydrogens (tertiary/aromatic N) is 2. The van der Waals surface area contributed by atoms with Crippen LogP contribution in [-0.2, 0) is 9.84 Å². The van der Waals surface area contributed by atoms with Crippen molar-refractivity contribution in [3.05, 3.63) is 0 Å². The normalized spacial score (nSPS) is 17.6. The average Bonchev–Trinajstić information content (AvgIpc) is 2.83. The Morgan fingerprint density at radius 2 is 2.00 bits per heavy atom. The van der Waals surface area contributed by atoms with Crippen molar-refractivity contribution in [3.8, 4) is 0 Å². The lowest BCUT2D eigenvalue weighted by Gasteiger charge is -2.32. The second-order valence-corrected chi connectivity index (χ2v) is 8.29. The molecule has 1 aromatic heterocycles. The molecule has 2 rings (SSSR count). The summed E-state index contributed by atoms with van der Waals surface area (Å²) in [5.74, 6) is 0.991. The lowest BCUT2D eigenvalue weighted by Crippen LogP contribution is -2.34. The molecule has 2 N–H and O–H groups in total. The van der Waals surface area contributed by atoms with Crippen molar-refractivity contribution >= 4 is 32.2 Å². The molecular formula is C13H23N3O2S2. The Kier molecular flexibility index (Phi) is 4.90. The standard InChI is InChI=1S/C13H23N3O2S2/c1-3-5-10-6-8-16(9-7-10)13-11(12(14)15-19-13)20(17,18)4-2/h10H,3-9H2,1-2H3,(H2,14,15). The molecule has 1 saturated heterocycles. The molecule has 0 amide bonds. The molecule has 0 spiro atoms. The first kappa shape index (κ1) is 15.6. The van der Waals surface area contributed by atoms with E-state index in [1.807, 2.05) is 0 Å². The van der Waals surface area contributed by atoms with Gasteiger partial charge in [-0.1, -0.05) is 26.7 Å². The maximum absolute atomic E-state index is 12.2. The van der Waals surface area contributed by atoms with E-state index >= 15 is 0 Å². The van der Waals surface area contributed by atoms with Crippen LogP contribution in [0.2, 0.25) is 0 Å². The minimum Gasteiger partial charge on any atom is -0.382 e. The molecule has 1 aromatic rings. The number of hydrogen-bond acceptors (Lipinski definition) is 6. The van der Waals surface area contributed by atoms with Crippen molar-refractivity contribution in [1.29, 1.82) is 0 Å². The number of hydrogen-bond donors (Lipinski definition) is 1. The zero-order chi connectivity index (χ0) is 14.8. The van der Waals surface area contributed by atoms with Gasteiger partial charge in [0, 0.05) is 13.1 Å². The molecule has 114 valence electrons. The third kappa shape index (κ3) is 3.09. The van der Waals surface area contributed by atoms with Gasteiger partial charge in [-0.3, -0.25) is 0 Å². The van der Waals surface area contributed by atoms with Gasteiger partial charge in [-0.15, -0.1) is 0 Å². The molecule has 0 aromatic carbocycles. The molecular weight excluding hydrogens is 294 g/mol. The number of nitrogen functional groups attached to an aromatic ring is 1. The summed E-state index contributed by atoms with van der Waals surface area (Å²) in [5, 5.41) is 0.735. The molecule has 0 unspecified atom stereocenters. The lowest BCUT2D eigenvalue weighted by molar-refractivity contribution is 0.378. The summed E-state index contributed by atoms with van der Waals surface area (Å²) < 4.78 is 28.4. The minimum atomic E-state index is -3.31. The van der Waals surface area contributed by atoms with Gasteiger partial charge in [0.2, 0.25) is 0 Å². The fourth-order valence-electron chi connectivity index (χ4n) is 2.76. The van der Waals surface area contributed by atoms with Gasteiger partial charge in [-0.05, 0) is 30.3 Å². The van der Waals surface area contributed by atoms with E-state index in [1.165, 1.54) is 24.4 Å². The number of rotatable bonds is 5. The molecule has 1 fully saturated rings. The summed E-state index contributed by atoms with van der Waals surface area (Å²) in [4.78, 5) is 2.39. The molecule has 1 aliphatic rings. The summed E-state index contributed by atoms with van der Waals surface area (Å²) in [6, 6.07) is 0. The molecule has 2 heterocycles. The van der Waals surface area contributed by atoms with Gasteiger partial charge < -0.3 is 10.6 Å². The van der Waals surface area contributed by atoms with E-state index in [2.05, 4.69) is 16.2 Å². The van der Waals surface area contributed by atoms with Crippen molar-refractivity contribution < 1.29 is 8.42 Å². The number of aromatic nitrogens is 1. The minimum absolute atomic E-state index is 0.0644. The predicted octanol–water partition coefficient (Wildman–Crippen LogP) is 2.54. The number of sulfone groups is 1. The quantitative estimate of drug-likeness (QED) is 0.903. The summed E-state index contributed by atoms with van der Waals surface area (Å²) in [6.07, 6.45) is 4.72. The number of piperidine rings is 1. The molecule has 0 radical (unpaired) electrons. The predicted molar refractivity (Wildman–Crippen MR) is 84.1 cm³/mol. The van der Waals surface area contributed by atoms with Gasteiger partial charge in [0.25, 0.3) is 0 Å². The molecule has 0 aliphatic carbocycles. The zero-order valence-corrected chi connectivity index (χ0v) is 13.8. The molecule has 0 bridgehead atoms. The van der Waals surface area contributed by atoms with E-state index in [0.717, 1.165) is 36.9 Å². The Hall–Kier alpha value is -0.820. The first-order valence-electron chi connectivity index (χ1n) is 7.22. The van der Waals surface area contributed by atoms with E-state index in [0.29, 0.717) is 0 Å². The van der Waals surface area contributed by atoms with Gasteiger partial charge in [0.1, 0.15) is 9.90 Å². The van der Waals surface area contributed by atoms with Crippen LogP contribution in [0.5, 0.6) is 0 Å². The van der Waals surface area contributed by atoms with Crippen LogP contribution in [-0.4, -0.2) is 31.6 Å². The molecule has 20 heavy (non-hydrogen) atoms. The Balaban J connectivity index is 2.19. The topological polar surface area (TPSA) is 76.3 Å². The maximum Gasteiger partial charge on any atom is 0.184 e. The van der Waals surface area contributed by atoms with Gasteiger partial charge in [-0.25, -0.2) is 8.42 Å². The largest absolute Gasteiger partial charge is 0.382 e. The van der Waals surface area contributed by atoms with E-state index < -0.39 is 9.84 Å². The Morgan fingerprint density at radius 1 is 1.35 bits per heavy atom. The van der Waals surface area contributed by atoms with E-state index in [-0.39, 0.29) is 16.5 Å². The van der Waals surface area contributed by atoms with Crippen LogP contribution in [0.3, 0.4) is 0 Å². The van der Waals surface area contributed by atoms with Crippen LogP contribution < -0.4 is 10.6 Å².